The third-order valence-electron chi connectivity index (χ3n) is 0.814. The highest BCUT2D eigenvalue weighted by Gasteiger charge is 1.83. The third-order valence-corrected chi connectivity index (χ3v) is 1.34. The molecule has 1 N–H and O–H groups in total. The minimum atomic E-state index is 0.554. The summed E-state index contributed by atoms with van der Waals surface area (Å²) in [5.41, 5.74) is 0. The molecule has 1 aromatic rings. The van der Waals surface area contributed by atoms with Gasteiger partial charge in [0.1, 0.15) is 5.75 Å². The zero-order valence-corrected chi connectivity index (χ0v) is 5.68. The van der Waals surface area contributed by atoms with E-state index in [-0.39, 0.29) is 0 Å². The van der Waals surface area contributed by atoms with Crippen LogP contribution in [-0.2, 0) is 0 Å². The van der Waals surface area contributed by atoms with E-state index in [0.717, 1.165) is 4.47 Å². The van der Waals surface area contributed by atoms with E-state index < -0.39 is 0 Å². The van der Waals surface area contributed by atoms with E-state index in [4.69, 9.17) is 1.43 Å². The van der Waals surface area contributed by atoms with Gasteiger partial charge in [-0.3, -0.25) is 0 Å². The van der Waals surface area contributed by atoms with E-state index >= 15 is 0 Å². The lowest BCUT2D eigenvalue weighted by atomic mass is 10.3. The van der Waals surface area contributed by atoms with Crippen molar-refractivity contribution in [3.8, 4) is 5.75 Å². The zero-order chi connectivity index (χ0) is 6.69. The van der Waals surface area contributed by atoms with Crippen molar-refractivity contribution in [2.75, 3.05) is 0 Å². The molecule has 0 aliphatic carbocycles. The third kappa shape index (κ3) is 1.23. The summed E-state index contributed by atoms with van der Waals surface area (Å²) in [6.45, 7) is 0. The molecule has 0 bridgehead atoms. The molecular formula is C6H5BrO. The van der Waals surface area contributed by atoms with E-state index in [1.165, 1.54) is 0 Å². The molecule has 0 spiro atoms. The fourth-order valence-corrected chi connectivity index (χ4v) is 0.699. The normalized spacial score (nSPS) is 10.4. The number of benzene rings is 1. The summed E-state index contributed by atoms with van der Waals surface area (Å²) < 4.78 is 7.49. The number of halogens is 1. The van der Waals surface area contributed by atoms with Crippen LogP contribution >= 0.6 is 15.9 Å². The molecule has 42 valence electrons. The molecule has 1 aromatic carbocycles. The molecule has 1 rings (SSSR count). The van der Waals surface area contributed by atoms with Crippen LogP contribution in [0.3, 0.4) is 0 Å². The summed E-state index contributed by atoms with van der Waals surface area (Å²) in [5, 5.41) is 4.20. The summed E-state index contributed by atoms with van der Waals surface area (Å²) in [7, 11) is 0. The largest absolute Gasteiger partial charge is 0.508 e. The maximum atomic E-state index is 6.50. The summed E-state index contributed by atoms with van der Waals surface area (Å²) in [6, 6.07) is 7.09. The SMILES string of the molecule is [2H]Oc1ccc(Br)cc1. The van der Waals surface area contributed by atoms with Crippen molar-refractivity contribution in [3.63, 3.8) is 0 Å². The second-order valence-corrected chi connectivity index (χ2v) is 2.37. The van der Waals surface area contributed by atoms with Crippen molar-refractivity contribution in [3.05, 3.63) is 28.7 Å². The number of phenolic OH excluding ortho intramolecular Hbond substituents is 1. The molecule has 0 amide bonds. The number of aromatic hydroxyl groups is 1. The quantitative estimate of drug-likeness (QED) is 0.691. The topological polar surface area (TPSA) is 20.2 Å². The Morgan fingerprint density at radius 3 is 2.50 bits per heavy atom. The van der Waals surface area contributed by atoms with Crippen molar-refractivity contribution in [2.45, 2.75) is 0 Å². The molecule has 0 aliphatic rings. The van der Waals surface area contributed by atoms with Gasteiger partial charge in [-0.2, -0.15) is 0 Å². The molecule has 0 saturated carbocycles. The highest BCUT2D eigenvalue weighted by atomic mass is 79.9. The summed E-state index contributed by atoms with van der Waals surface area (Å²) in [4.78, 5) is 0. The maximum absolute atomic E-state index is 6.50. The summed E-state index contributed by atoms with van der Waals surface area (Å²) >= 11 is 3.26. The first-order chi connectivity index (χ1) is 4.33. The van der Waals surface area contributed by atoms with Gasteiger partial charge in [0.2, 0.25) is 0 Å². The predicted molar refractivity (Wildman–Crippen MR) is 35.8 cm³/mol. The molecule has 0 aromatic heterocycles. The minimum Gasteiger partial charge on any atom is -0.508 e. The Morgan fingerprint density at radius 1 is 1.38 bits per heavy atom. The van der Waals surface area contributed by atoms with Crippen molar-refractivity contribution in [2.24, 2.45) is 0 Å². The van der Waals surface area contributed by atoms with E-state index in [1.54, 1.807) is 12.1 Å². The Balaban J connectivity index is 2.88. The first-order valence-electron chi connectivity index (χ1n) is 2.62. The smallest absolute Gasteiger partial charge is 0.293 e. The molecule has 8 heavy (non-hydrogen) atoms. The van der Waals surface area contributed by atoms with Gasteiger partial charge in [0.25, 0.3) is 1.43 Å². The van der Waals surface area contributed by atoms with E-state index in [2.05, 4.69) is 21.0 Å². The zero-order valence-electron chi connectivity index (χ0n) is 5.10. The van der Waals surface area contributed by atoms with Gasteiger partial charge in [-0.15, -0.1) is 0 Å². The van der Waals surface area contributed by atoms with Gasteiger partial charge in [-0.1, -0.05) is 15.9 Å². The molecule has 0 fully saturated rings. The van der Waals surface area contributed by atoms with Gasteiger partial charge in [0.05, 0.1) is 0 Å². The van der Waals surface area contributed by atoms with Crippen LogP contribution in [0.5, 0.6) is 5.75 Å². The fraction of sp³-hybridized carbons (Fsp3) is 0. The van der Waals surface area contributed by atoms with Gasteiger partial charge < -0.3 is 5.11 Å². The molecule has 0 saturated heterocycles. The standard InChI is InChI=1S/C6H5BrO/c7-5-1-3-6(8)4-2-5/h1-4,8H/i/hD. The van der Waals surface area contributed by atoms with Crippen molar-refractivity contribution < 1.29 is 5.11 Å². The molecule has 0 aliphatic heterocycles. The molecule has 0 unspecified atom stereocenters. The van der Waals surface area contributed by atoms with Gasteiger partial charge in [0, 0.05) is 4.47 Å². The van der Waals surface area contributed by atoms with Crippen LogP contribution in [0.25, 0.3) is 0 Å². The van der Waals surface area contributed by atoms with Gasteiger partial charge >= 0.3 is 0 Å². The second-order valence-electron chi connectivity index (χ2n) is 1.45. The summed E-state index contributed by atoms with van der Waals surface area (Å²) in [5.74, 6) is 0.554. The number of rotatable bonds is 1. The fourth-order valence-electron chi connectivity index (χ4n) is 0.435. The van der Waals surface area contributed by atoms with Crippen LogP contribution in [0.4, 0.5) is 0 Å². The Kier molecular flexibility index (Phi) is 1.19. The minimum absolute atomic E-state index is 0.554. The first kappa shape index (κ1) is 4.39. The van der Waals surface area contributed by atoms with Gasteiger partial charge in [-0.05, 0) is 24.3 Å². The predicted octanol–water partition coefficient (Wildman–Crippen LogP) is 2.15. The molecule has 1 nitrogen and oxygen atoms in total. The van der Waals surface area contributed by atoms with Crippen molar-refractivity contribution >= 4 is 15.9 Å². The Bertz CT molecular complexity index is 185. The van der Waals surface area contributed by atoms with Crippen LogP contribution in [-0.4, -0.2) is 6.54 Å². The highest BCUT2D eigenvalue weighted by Crippen LogP contribution is 2.13. The maximum Gasteiger partial charge on any atom is 0.293 e. The monoisotopic (exact) mass is 173 g/mol. The first-order valence-corrected chi connectivity index (χ1v) is 3.01. The van der Waals surface area contributed by atoms with Gasteiger partial charge in [0.15, 0.2) is 0 Å². The van der Waals surface area contributed by atoms with E-state index in [0.29, 0.717) is 5.75 Å². The van der Waals surface area contributed by atoms with Crippen molar-refractivity contribution in [1.29, 1.82) is 1.43 Å². The van der Waals surface area contributed by atoms with Crippen LogP contribution in [0, 0.1) is 0 Å². The molecular weight excluding hydrogens is 168 g/mol. The van der Waals surface area contributed by atoms with Crippen LogP contribution in [0.1, 0.15) is 0 Å². The lowest BCUT2D eigenvalue weighted by Crippen LogP contribution is -1.61. The Labute approximate surface area is 57.6 Å². The average molecular weight is 174 g/mol. The lowest BCUT2D eigenvalue weighted by Gasteiger charge is -1.87. The second kappa shape index (κ2) is 2.18. The van der Waals surface area contributed by atoms with E-state index in [1.807, 2.05) is 12.1 Å². The van der Waals surface area contributed by atoms with Crippen molar-refractivity contribution in [1.82, 2.24) is 0 Å². The van der Waals surface area contributed by atoms with Crippen LogP contribution in [0.2, 0.25) is 0 Å². The van der Waals surface area contributed by atoms with E-state index in [9.17, 15) is 0 Å². The number of hydrogen-bond donors (Lipinski definition) is 1. The Morgan fingerprint density at radius 2 is 2.00 bits per heavy atom. The lowest BCUT2D eigenvalue weighted by molar-refractivity contribution is 0.475. The molecule has 0 atom stereocenters. The highest BCUT2D eigenvalue weighted by molar-refractivity contribution is 9.10. The Hall–Kier alpha value is -0.500. The average Bonchev–Trinajstić information content (AvgIpc) is 1.90. The number of phenols is 1. The van der Waals surface area contributed by atoms with Crippen LogP contribution < -0.4 is 0 Å². The molecule has 0 heterocycles. The van der Waals surface area contributed by atoms with Crippen LogP contribution in [0.15, 0.2) is 28.7 Å². The number of hydrogen-bond acceptors (Lipinski definition) is 1. The van der Waals surface area contributed by atoms with Gasteiger partial charge in [-0.25, -0.2) is 0 Å². The molecule has 0 radical (unpaired) electrons. The summed E-state index contributed by atoms with van der Waals surface area (Å²) in [6.07, 6.45) is 0. The molecule has 2 heteroatoms.